The zero-order valence-corrected chi connectivity index (χ0v) is 11.6. The third kappa shape index (κ3) is 3.64. The van der Waals surface area contributed by atoms with E-state index in [4.69, 9.17) is 5.84 Å². The van der Waals surface area contributed by atoms with Gasteiger partial charge in [-0.2, -0.15) is 0 Å². The first kappa shape index (κ1) is 14.2. The van der Waals surface area contributed by atoms with Crippen molar-refractivity contribution < 1.29 is 4.39 Å². The fourth-order valence-corrected chi connectivity index (χ4v) is 2.80. The summed E-state index contributed by atoms with van der Waals surface area (Å²) in [4.78, 5) is 0. The number of nitrogens with one attached hydrogen (secondary N) is 1. The van der Waals surface area contributed by atoms with Crippen LogP contribution in [0.25, 0.3) is 0 Å². The molecule has 0 spiro atoms. The monoisotopic (exact) mass is 262 g/mol. The van der Waals surface area contributed by atoms with Crippen LogP contribution in [-0.4, -0.2) is 0 Å². The Morgan fingerprint density at radius 1 is 1.21 bits per heavy atom. The predicted octanol–water partition coefficient (Wildman–Crippen LogP) is 3.92. The third-order valence-electron chi connectivity index (χ3n) is 3.92. The van der Waals surface area contributed by atoms with E-state index in [-0.39, 0.29) is 11.9 Å². The lowest BCUT2D eigenvalue weighted by molar-refractivity contribution is 0.549. The maximum absolute atomic E-state index is 13.5. The molecule has 0 radical (unpaired) electrons. The van der Waals surface area contributed by atoms with Gasteiger partial charge in [-0.05, 0) is 55.9 Å². The Morgan fingerprint density at radius 3 is 2.79 bits per heavy atom. The minimum Gasteiger partial charge on any atom is -0.271 e. The summed E-state index contributed by atoms with van der Waals surface area (Å²) in [6.45, 7) is 2.00. The van der Waals surface area contributed by atoms with E-state index in [1.54, 1.807) is 6.07 Å². The second kappa shape index (κ2) is 6.83. The number of benzene rings is 1. The first-order chi connectivity index (χ1) is 9.22. The van der Waals surface area contributed by atoms with Gasteiger partial charge in [0.1, 0.15) is 5.82 Å². The topological polar surface area (TPSA) is 38.0 Å². The van der Waals surface area contributed by atoms with Crippen LogP contribution in [0, 0.1) is 12.7 Å². The molecule has 1 aliphatic carbocycles. The number of hydrogen-bond acceptors (Lipinski definition) is 2. The summed E-state index contributed by atoms with van der Waals surface area (Å²) in [5.74, 6) is 5.53. The van der Waals surface area contributed by atoms with E-state index < -0.39 is 0 Å². The zero-order valence-electron chi connectivity index (χ0n) is 11.6. The lowest BCUT2D eigenvalue weighted by Gasteiger charge is -2.23. The molecular weight excluding hydrogens is 239 g/mol. The van der Waals surface area contributed by atoms with Crippen LogP contribution in [-0.2, 0) is 0 Å². The Kier molecular flexibility index (Phi) is 5.11. The van der Waals surface area contributed by atoms with Gasteiger partial charge in [-0.25, -0.2) is 9.82 Å². The van der Waals surface area contributed by atoms with Crippen LogP contribution >= 0.6 is 0 Å². The second-order valence-electron chi connectivity index (χ2n) is 5.33. The van der Waals surface area contributed by atoms with Gasteiger partial charge in [-0.3, -0.25) is 5.84 Å². The highest BCUT2D eigenvalue weighted by Gasteiger charge is 2.18. The van der Waals surface area contributed by atoms with Crippen molar-refractivity contribution in [1.29, 1.82) is 0 Å². The molecule has 1 aliphatic rings. The number of allylic oxidation sites excluding steroid dienone is 1. The van der Waals surface area contributed by atoms with Gasteiger partial charge >= 0.3 is 0 Å². The van der Waals surface area contributed by atoms with Crippen LogP contribution < -0.4 is 11.3 Å². The van der Waals surface area contributed by atoms with E-state index >= 15 is 0 Å². The molecule has 2 rings (SSSR count). The van der Waals surface area contributed by atoms with Crippen LogP contribution in [0.4, 0.5) is 4.39 Å². The molecule has 1 atom stereocenters. The Labute approximate surface area is 114 Å². The van der Waals surface area contributed by atoms with Gasteiger partial charge in [0, 0.05) is 0 Å². The van der Waals surface area contributed by atoms with Gasteiger partial charge in [-0.15, -0.1) is 0 Å². The van der Waals surface area contributed by atoms with E-state index in [1.165, 1.54) is 37.3 Å². The normalized spacial score (nSPS) is 21.1. The number of rotatable bonds is 3. The Balaban J connectivity index is 2.29. The quantitative estimate of drug-likeness (QED) is 0.492. The highest BCUT2D eigenvalue weighted by Crippen LogP contribution is 2.30. The predicted molar refractivity (Wildman–Crippen MR) is 77.0 cm³/mol. The van der Waals surface area contributed by atoms with E-state index in [1.807, 2.05) is 13.0 Å². The number of hydrazine groups is 1. The summed E-state index contributed by atoms with van der Waals surface area (Å²) < 4.78 is 13.5. The highest BCUT2D eigenvalue weighted by atomic mass is 19.1. The molecule has 0 bridgehead atoms. The Hall–Kier alpha value is -1.19. The van der Waals surface area contributed by atoms with Crippen molar-refractivity contribution in [2.75, 3.05) is 0 Å². The molecule has 3 heteroatoms. The average molecular weight is 262 g/mol. The van der Waals surface area contributed by atoms with Crippen molar-refractivity contribution >= 4 is 0 Å². The van der Waals surface area contributed by atoms with Crippen molar-refractivity contribution in [3.05, 3.63) is 46.8 Å². The molecule has 0 aromatic heterocycles. The highest BCUT2D eigenvalue weighted by molar-refractivity contribution is 5.35. The third-order valence-corrected chi connectivity index (χ3v) is 3.92. The molecule has 2 nitrogen and oxygen atoms in total. The SMILES string of the molecule is Cc1ccc(F)cc1C(NN)/C1=C/CCCCCC1. The molecule has 0 saturated carbocycles. The van der Waals surface area contributed by atoms with Crippen molar-refractivity contribution in [1.82, 2.24) is 5.43 Å². The van der Waals surface area contributed by atoms with Crippen LogP contribution in [0.1, 0.15) is 55.7 Å². The number of aryl methyl sites for hydroxylation is 1. The number of nitrogens with two attached hydrogens (primary N) is 1. The summed E-state index contributed by atoms with van der Waals surface area (Å²) in [7, 11) is 0. The van der Waals surface area contributed by atoms with E-state index in [9.17, 15) is 4.39 Å². The van der Waals surface area contributed by atoms with Crippen LogP contribution in [0.2, 0.25) is 0 Å². The average Bonchev–Trinajstić information content (AvgIpc) is 2.36. The molecule has 0 fully saturated rings. The standard InChI is InChI=1S/C16H23FN2/c1-12-9-10-14(17)11-15(12)16(19-18)13-7-5-3-2-4-6-8-13/h7,9-11,16,19H,2-6,8,18H2,1H3/b13-7+. The molecule has 19 heavy (non-hydrogen) atoms. The van der Waals surface area contributed by atoms with Crippen molar-refractivity contribution in [3.8, 4) is 0 Å². The first-order valence-electron chi connectivity index (χ1n) is 7.13. The lowest BCUT2D eigenvalue weighted by atomic mass is 9.89. The summed E-state index contributed by atoms with van der Waals surface area (Å²) >= 11 is 0. The number of halogens is 1. The first-order valence-corrected chi connectivity index (χ1v) is 7.13. The molecule has 1 aromatic carbocycles. The molecule has 0 amide bonds. The molecule has 104 valence electrons. The molecule has 0 heterocycles. The Bertz CT molecular complexity index is 454. The van der Waals surface area contributed by atoms with Crippen molar-refractivity contribution in [2.45, 2.75) is 51.5 Å². The van der Waals surface area contributed by atoms with Gasteiger partial charge in [0.05, 0.1) is 6.04 Å². The summed E-state index contributed by atoms with van der Waals surface area (Å²) in [5.41, 5.74) is 6.20. The van der Waals surface area contributed by atoms with Crippen molar-refractivity contribution in [3.63, 3.8) is 0 Å². The zero-order chi connectivity index (χ0) is 13.7. The fourth-order valence-electron chi connectivity index (χ4n) is 2.80. The summed E-state index contributed by atoms with van der Waals surface area (Å²) in [6, 6.07) is 4.85. The minimum absolute atomic E-state index is 0.0613. The second-order valence-corrected chi connectivity index (χ2v) is 5.33. The molecule has 1 aromatic rings. The van der Waals surface area contributed by atoms with Crippen LogP contribution in [0.3, 0.4) is 0 Å². The smallest absolute Gasteiger partial charge is 0.123 e. The molecule has 3 N–H and O–H groups in total. The van der Waals surface area contributed by atoms with Gasteiger partial charge in [0.25, 0.3) is 0 Å². The van der Waals surface area contributed by atoms with Crippen LogP contribution in [0.5, 0.6) is 0 Å². The largest absolute Gasteiger partial charge is 0.271 e. The molecule has 1 unspecified atom stereocenters. The van der Waals surface area contributed by atoms with Gasteiger partial charge in [-0.1, -0.05) is 30.6 Å². The summed E-state index contributed by atoms with van der Waals surface area (Å²) in [5, 5.41) is 0. The van der Waals surface area contributed by atoms with Crippen molar-refractivity contribution in [2.24, 2.45) is 5.84 Å². The molecule has 0 saturated heterocycles. The van der Waals surface area contributed by atoms with Crippen LogP contribution in [0.15, 0.2) is 29.8 Å². The van der Waals surface area contributed by atoms with Gasteiger partial charge in [0.2, 0.25) is 0 Å². The summed E-state index contributed by atoms with van der Waals surface area (Å²) in [6.07, 6.45) is 9.45. The van der Waals surface area contributed by atoms with E-state index in [0.29, 0.717) is 0 Å². The maximum atomic E-state index is 13.5. The fraction of sp³-hybridized carbons (Fsp3) is 0.500. The van der Waals surface area contributed by atoms with E-state index in [2.05, 4.69) is 11.5 Å². The van der Waals surface area contributed by atoms with Gasteiger partial charge in [0.15, 0.2) is 0 Å². The lowest BCUT2D eigenvalue weighted by Crippen LogP contribution is -2.30. The minimum atomic E-state index is -0.202. The Morgan fingerprint density at radius 2 is 2.00 bits per heavy atom. The van der Waals surface area contributed by atoms with E-state index in [0.717, 1.165) is 24.0 Å². The molecule has 0 aliphatic heterocycles. The number of hydrogen-bond donors (Lipinski definition) is 2. The maximum Gasteiger partial charge on any atom is 0.123 e. The molecular formula is C16H23FN2. The van der Waals surface area contributed by atoms with Gasteiger partial charge < -0.3 is 0 Å².